The normalized spacial score (nSPS) is 24.4. The first-order chi connectivity index (χ1) is 8.42. The van der Waals surface area contributed by atoms with E-state index in [1.165, 1.54) is 25.7 Å². The molecule has 2 aliphatic rings. The smallest absolute Gasteiger partial charge is 0.0589 e. The minimum absolute atomic E-state index is 0.710. The van der Waals surface area contributed by atoms with Gasteiger partial charge in [0.15, 0.2) is 0 Å². The van der Waals surface area contributed by atoms with Crippen LogP contribution in [0.4, 0.5) is 0 Å². The largest absolute Gasteiger partial charge is 0.383 e. The van der Waals surface area contributed by atoms with Crippen molar-refractivity contribution in [2.75, 3.05) is 46.6 Å². The number of methoxy groups -OCH3 is 1. The summed E-state index contributed by atoms with van der Waals surface area (Å²) in [4.78, 5) is 2.69. The Hall–Kier alpha value is -0.160. The zero-order valence-corrected chi connectivity index (χ0v) is 11.0. The summed E-state index contributed by atoms with van der Waals surface area (Å²) in [5.41, 5.74) is 0. The molecule has 2 heterocycles. The number of rotatable bonds is 5. The highest BCUT2D eigenvalue weighted by Crippen LogP contribution is 2.21. The second-order valence-electron chi connectivity index (χ2n) is 5.06. The quantitative estimate of drug-likeness (QED) is 0.775. The van der Waals surface area contributed by atoms with Crippen LogP contribution in [0.25, 0.3) is 0 Å². The summed E-state index contributed by atoms with van der Waals surface area (Å²) in [5.74, 6) is 0. The summed E-state index contributed by atoms with van der Waals surface area (Å²) < 4.78 is 10.7. The molecule has 0 spiro atoms. The molecule has 100 valence electrons. The van der Waals surface area contributed by atoms with Crippen LogP contribution < -0.4 is 5.32 Å². The summed E-state index contributed by atoms with van der Waals surface area (Å²) >= 11 is 0. The van der Waals surface area contributed by atoms with E-state index in [4.69, 9.17) is 9.47 Å². The van der Waals surface area contributed by atoms with Crippen LogP contribution in [0.2, 0.25) is 0 Å². The van der Waals surface area contributed by atoms with E-state index in [0.29, 0.717) is 6.04 Å². The van der Waals surface area contributed by atoms with Gasteiger partial charge in [0.2, 0.25) is 0 Å². The molecule has 2 saturated heterocycles. The van der Waals surface area contributed by atoms with Gasteiger partial charge in [-0.05, 0) is 38.8 Å². The fraction of sp³-hybridized carbons (Fsp3) is 1.00. The lowest BCUT2D eigenvalue weighted by molar-refractivity contribution is -0.0000157. The highest BCUT2D eigenvalue weighted by Gasteiger charge is 2.28. The van der Waals surface area contributed by atoms with Gasteiger partial charge >= 0.3 is 0 Å². The first-order valence-electron chi connectivity index (χ1n) is 6.95. The maximum absolute atomic E-state index is 5.47. The van der Waals surface area contributed by atoms with E-state index in [1.807, 2.05) is 0 Å². The van der Waals surface area contributed by atoms with Crippen molar-refractivity contribution in [2.24, 2.45) is 0 Å². The SMILES string of the molecule is COCCN(C1CCNCC1)C1CCOCC1. The summed E-state index contributed by atoms with van der Waals surface area (Å²) in [5, 5.41) is 3.45. The molecule has 4 heteroatoms. The van der Waals surface area contributed by atoms with Crippen molar-refractivity contribution in [1.82, 2.24) is 10.2 Å². The second-order valence-corrected chi connectivity index (χ2v) is 5.06. The molecule has 0 bridgehead atoms. The lowest BCUT2D eigenvalue weighted by atomic mass is 9.99. The van der Waals surface area contributed by atoms with Crippen molar-refractivity contribution < 1.29 is 9.47 Å². The second kappa shape index (κ2) is 7.31. The highest BCUT2D eigenvalue weighted by molar-refractivity contribution is 4.84. The van der Waals surface area contributed by atoms with E-state index in [-0.39, 0.29) is 0 Å². The zero-order chi connectivity index (χ0) is 11.9. The van der Waals surface area contributed by atoms with Gasteiger partial charge in [0.1, 0.15) is 0 Å². The molecule has 17 heavy (non-hydrogen) atoms. The third-order valence-electron chi connectivity index (χ3n) is 3.99. The molecular formula is C13H26N2O2. The molecule has 0 aromatic carbocycles. The van der Waals surface area contributed by atoms with Crippen LogP contribution in [0.3, 0.4) is 0 Å². The van der Waals surface area contributed by atoms with Gasteiger partial charge in [-0.1, -0.05) is 0 Å². The Morgan fingerprint density at radius 1 is 1.12 bits per heavy atom. The number of ether oxygens (including phenoxy) is 2. The maximum atomic E-state index is 5.47. The molecule has 2 fully saturated rings. The molecule has 0 atom stereocenters. The van der Waals surface area contributed by atoms with E-state index in [2.05, 4.69) is 10.2 Å². The van der Waals surface area contributed by atoms with Gasteiger partial charge in [-0.2, -0.15) is 0 Å². The minimum atomic E-state index is 0.710. The first kappa shape index (κ1) is 13.3. The number of nitrogens with zero attached hydrogens (tertiary/aromatic N) is 1. The Morgan fingerprint density at radius 2 is 1.76 bits per heavy atom. The third kappa shape index (κ3) is 3.91. The first-order valence-corrected chi connectivity index (χ1v) is 6.95. The van der Waals surface area contributed by atoms with Gasteiger partial charge in [-0.3, -0.25) is 4.90 Å². The topological polar surface area (TPSA) is 33.7 Å². The predicted molar refractivity (Wildman–Crippen MR) is 68.3 cm³/mol. The van der Waals surface area contributed by atoms with Gasteiger partial charge in [-0.15, -0.1) is 0 Å². The van der Waals surface area contributed by atoms with Crippen LogP contribution in [0.5, 0.6) is 0 Å². The molecule has 2 aliphatic heterocycles. The van der Waals surface area contributed by atoms with Crippen LogP contribution in [-0.4, -0.2) is 63.5 Å². The van der Waals surface area contributed by atoms with E-state index in [0.717, 1.165) is 45.5 Å². The summed E-state index contributed by atoms with van der Waals surface area (Å²) in [7, 11) is 1.80. The molecule has 0 aromatic heterocycles. The number of hydrogen-bond donors (Lipinski definition) is 1. The van der Waals surface area contributed by atoms with Crippen molar-refractivity contribution in [3.63, 3.8) is 0 Å². The average Bonchev–Trinajstić information content (AvgIpc) is 2.42. The van der Waals surface area contributed by atoms with Gasteiger partial charge < -0.3 is 14.8 Å². The lowest BCUT2D eigenvalue weighted by Gasteiger charge is -2.41. The third-order valence-corrected chi connectivity index (χ3v) is 3.99. The summed E-state index contributed by atoms with van der Waals surface area (Å²) in [6.07, 6.45) is 4.93. The van der Waals surface area contributed by atoms with Crippen LogP contribution in [0.1, 0.15) is 25.7 Å². The van der Waals surface area contributed by atoms with E-state index in [9.17, 15) is 0 Å². The van der Waals surface area contributed by atoms with Crippen molar-refractivity contribution in [3.05, 3.63) is 0 Å². The summed E-state index contributed by atoms with van der Waals surface area (Å²) in [6.45, 7) is 6.11. The van der Waals surface area contributed by atoms with E-state index < -0.39 is 0 Å². The fourth-order valence-electron chi connectivity index (χ4n) is 3.02. The van der Waals surface area contributed by atoms with E-state index >= 15 is 0 Å². The van der Waals surface area contributed by atoms with Crippen molar-refractivity contribution in [2.45, 2.75) is 37.8 Å². The standard InChI is InChI=1S/C13H26N2O2/c1-16-11-8-15(12-2-6-14-7-3-12)13-4-9-17-10-5-13/h12-14H,2-11H2,1H3. The van der Waals surface area contributed by atoms with Crippen molar-refractivity contribution in [3.8, 4) is 0 Å². The van der Waals surface area contributed by atoms with Gasteiger partial charge in [0.05, 0.1) is 6.61 Å². The number of hydrogen-bond acceptors (Lipinski definition) is 4. The zero-order valence-electron chi connectivity index (χ0n) is 11.0. The Labute approximate surface area is 105 Å². The molecule has 0 saturated carbocycles. The highest BCUT2D eigenvalue weighted by atomic mass is 16.5. The number of piperidine rings is 1. The van der Waals surface area contributed by atoms with Crippen LogP contribution in [0, 0.1) is 0 Å². The molecular weight excluding hydrogens is 216 g/mol. The van der Waals surface area contributed by atoms with Crippen LogP contribution in [-0.2, 0) is 9.47 Å². The molecule has 1 N–H and O–H groups in total. The van der Waals surface area contributed by atoms with Gasteiger partial charge in [0, 0.05) is 39.0 Å². The average molecular weight is 242 g/mol. The van der Waals surface area contributed by atoms with Crippen LogP contribution >= 0.6 is 0 Å². The Kier molecular flexibility index (Phi) is 5.71. The van der Waals surface area contributed by atoms with Crippen molar-refractivity contribution in [1.29, 1.82) is 0 Å². The predicted octanol–water partition coefficient (Wildman–Crippen LogP) is 0.866. The molecule has 4 nitrogen and oxygen atoms in total. The van der Waals surface area contributed by atoms with E-state index in [1.54, 1.807) is 7.11 Å². The minimum Gasteiger partial charge on any atom is -0.383 e. The summed E-state index contributed by atoms with van der Waals surface area (Å²) in [6, 6.07) is 1.46. The van der Waals surface area contributed by atoms with Gasteiger partial charge in [-0.25, -0.2) is 0 Å². The molecule has 2 rings (SSSR count). The molecule has 0 amide bonds. The van der Waals surface area contributed by atoms with Crippen molar-refractivity contribution >= 4 is 0 Å². The monoisotopic (exact) mass is 242 g/mol. The fourth-order valence-corrected chi connectivity index (χ4v) is 3.02. The Balaban J connectivity index is 1.90. The number of nitrogens with one attached hydrogen (secondary N) is 1. The Morgan fingerprint density at radius 3 is 2.41 bits per heavy atom. The van der Waals surface area contributed by atoms with Gasteiger partial charge in [0.25, 0.3) is 0 Å². The molecule has 0 aliphatic carbocycles. The van der Waals surface area contributed by atoms with Crippen LogP contribution in [0.15, 0.2) is 0 Å². The molecule has 0 radical (unpaired) electrons. The lowest BCUT2D eigenvalue weighted by Crippen LogP contribution is -2.50. The maximum Gasteiger partial charge on any atom is 0.0589 e. The molecule has 0 aromatic rings. The molecule has 0 unspecified atom stereocenters. The Bertz CT molecular complexity index is 184.